The number of carbonyl (C=O) groups is 2. The smallest absolute Gasteiger partial charge is 0.343 e. The molecule has 0 fully saturated rings. The standard InChI is InChI=1S/C17H16O3/c1-3-15(18)14-11-7-8-12(2)16(14)20-17(19)13-9-5-4-6-10-13/h4-11H,3H2,1-2H3. The SMILES string of the molecule is CCC(=O)c1cccc(C)c1OC(=O)c1ccccc1. The minimum Gasteiger partial charge on any atom is -0.422 e. The lowest BCUT2D eigenvalue weighted by Gasteiger charge is -2.11. The minimum absolute atomic E-state index is 0.0374. The molecule has 3 nitrogen and oxygen atoms in total. The van der Waals surface area contributed by atoms with E-state index in [4.69, 9.17) is 4.74 Å². The van der Waals surface area contributed by atoms with Gasteiger partial charge in [-0.05, 0) is 30.7 Å². The number of hydrogen-bond donors (Lipinski definition) is 0. The number of aryl methyl sites for hydroxylation is 1. The zero-order chi connectivity index (χ0) is 14.5. The van der Waals surface area contributed by atoms with E-state index in [0.717, 1.165) is 5.56 Å². The average molecular weight is 268 g/mol. The van der Waals surface area contributed by atoms with Crippen LogP contribution in [0.3, 0.4) is 0 Å². The first-order chi connectivity index (χ1) is 9.63. The normalized spacial score (nSPS) is 10.1. The summed E-state index contributed by atoms with van der Waals surface area (Å²) in [5.41, 5.74) is 1.69. The monoisotopic (exact) mass is 268 g/mol. The molecule has 2 aromatic carbocycles. The highest BCUT2D eigenvalue weighted by atomic mass is 16.5. The summed E-state index contributed by atoms with van der Waals surface area (Å²) < 4.78 is 5.43. The number of carbonyl (C=O) groups excluding carboxylic acids is 2. The number of rotatable bonds is 4. The fourth-order valence-corrected chi connectivity index (χ4v) is 1.92. The van der Waals surface area contributed by atoms with Crippen LogP contribution in [0, 0.1) is 6.92 Å². The molecule has 0 atom stereocenters. The molecule has 0 aliphatic rings. The topological polar surface area (TPSA) is 43.4 Å². The summed E-state index contributed by atoms with van der Waals surface area (Å²) in [6, 6.07) is 14.0. The minimum atomic E-state index is -0.454. The van der Waals surface area contributed by atoms with E-state index in [1.54, 1.807) is 43.3 Å². The molecular weight excluding hydrogens is 252 g/mol. The van der Waals surface area contributed by atoms with Crippen LogP contribution in [0.25, 0.3) is 0 Å². The number of esters is 1. The van der Waals surface area contributed by atoms with Gasteiger partial charge in [-0.3, -0.25) is 4.79 Å². The van der Waals surface area contributed by atoms with Gasteiger partial charge in [0.25, 0.3) is 0 Å². The Balaban J connectivity index is 2.34. The van der Waals surface area contributed by atoms with E-state index in [1.165, 1.54) is 0 Å². The Bertz CT molecular complexity index is 630. The maximum Gasteiger partial charge on any atom is 0.343 e. The molecule has 0 bridgehead atoms. The summed E-state index contributed by atoms with van der Waals surface area (Å²) in [5.74, 6) is -0.136. The summed E-state index contributed by atoms with van der Waals surface area (Å²) in [6.45, 7) is 3.60. The molecule has 0 saturated heterocycles. The van der Waals surface area contributed by atoms with Crippen LogP contribution >= 0.6 is 0 Å². The van der Waals surface area contributed by atoms with Gasteiger partial charge in [0.05, 0.1) is 11.1 Å². The largest absolute Gasteiger partial charge is 0.422 e. The van der Waals surface area contributed by atoms with E-state index < -0.39 is 5.97 Å². The van der Waals surface area contributed by atoms with E-state index in [-0.39, 0.29) is 5.78 Å². The molecule has 0 aromatic heterocycles. The van der Waals surface area contributed by atoms with Gasteiger partial charge in [-0.1, -0.05) is 37.3 Å². The molecule has 20 heavy (non-hydrogen) atoms. The van der Waals surface area contributed by atoms with Gasteiger partial charge < -0.3 is 4.74 Å². The highest BCUT2D eigenvalue weighted by molar-refractivity contribution is 6.00. The summed E-state index contributed by atoms with van der Waals surface area (Å²) in [4.78, 5) is 24.0. The Morgan fingerprint density at radius 3 is 2.35 bits per heavy atom. The maximum atomic E-state index is 12.1. The van der Waals surface area contributed by atoms with Crippen molar-refractivity contribution >= 4 is 11.8 Å². The first-order valence-corrected chi connectivity index (χ1v) is 6.53. The van der Waals surface area contributed by atoms with Gasteiger partial charge in [0.15, 0.2) is 5.78 Å². The third-order valence-electron chi connectivity index (χ3n) is 3.04. The second-order valence-corrected chi connectivity index (χ2v) is 4.48. The molecule has 0 radical (unpaired) electrons. The van der Waals surface area contributed by atoms with Gasteiger partial charge in [0.1, 0.15) is 5.75 Å². The number of Topliss-reactive ketones (excluding diaryl/α,β-unsaturated/α-hetero) is 1. The predicted octanol–water partition coefficient (Wildman–Crippen LogP) is 3.81. The molecule has 0 amide bonds. The summed E-state index contributed by atoms with van der Waals surface area (Å²) in [6.07, 6.45) is 0.374. The third-order valence-corrected chi connectivity index (χ3v) is 3.04. The van der Waals surface area contributed by atoms with Crippen LogP contribution in [0.15, 0.2) is 48.5 Å². The van der Waals surface area contributed by atoms with Crippen molar-refractivity contribution in [2.24, 2.45) is 0 Å². The Morgan fingerprint density at radius 2 is 1.70 bits per heavy atom. The molecular formula is C17H16O3. The van der Waals surface area contributed by atoms with Gasteiger partial charge >= 0.3 is 5.97 Å². The molecule has 0 spiro atoms. The molecule has 0 saturated carbocycles. The van der Waals surface area contributed by atoms with Crippen LogP contribution in [0.4, 0.5) is 0 Å². The van der Waals surface area contributed by atoms with Crippen LogP contribution in [0.1, 0.15) is 39.6 Å². The second kappa shape index (κ2) is 6.15. The number of ketones is 1. The van der Waals surface area contributed by atoms with E-state index in [1.807, 2.05) is 19.1 Å². The number of ether oxygens (including phenoxy) is 1. The first-order valence-electron chi connectivity index (χ1n) is 6.53. The Kier molecular flexibility index (Phi) is 4.31. The lowest BCUT2D eigenvalue weighted by molar-refractivity contribution is 0.0731. The van der Waals surface area contributed by atoms with Crippen molar-refractivity contribution in [3.05, 3.63) is 65.2 Å². The maximum absolute atomic E-state index is 12.1. The van der Waals surface area contributed by atoms with E-state index >= 15 is 0 Å². The molecule has 0 aliphatic heterocycles. The predicted molar refractivity (Wildman–Crippen MR) is 77.2 cm³/mol. The lowest BCUT2D eigenvalue weighted by Crippen LogP contribution is -2.12. The highest BCUT2D eigenvalue weighted by Crippen LogP contribution is 2.25. The van der Waals surface area contributed by atoms with Crippen LogP contribution in [-0.2, 0) is 0 Å². The molecule has 0 N–H and O–H groups in total. The zero-order valence-electron chi connectivity index (χ0n) is 11.6. The fraction of sp³-hybridized carbons (Fsp3) is 0.176. The van der Waals surface area contributed by atoms with Crippen LogP contribution in [0.5, 0.6) is 5.75 Å². The fourth-order valence-electron chi connectivity index (χ4n) is 1.92. The molecule has 102 valence electrons. The van der Waals surface area contributed by atoms with Crippen molar-refractivity contribution in [2.75, 3.05) is 0 Å². The van der Waals surface area contributed by atoms with E-state index in [2.05, 4.69) is 0 Å². The second-order valence-electron chi connectivity index (χ2n) is 4.48. The van der Waals surface area contributed by atoms with Crippen molar-refractivity contribution in [1.29, 1.82) is 0 Å². The van der Waals surface area contributed by atoms with E-state index in [9.17, 15) is 9.59 Å². The number of benzene rings is 2. The zero-order valence-corrected chi connectivity index (χ0v) is 11.6. The third kappa shape index (κ3) is 2.94. The van der Waals surface area contributed by atoms with Gasteiger partial charge in [-0.25, -0.2) is 4.79 Å². The molecule has 2 aromatic rings. The van der Waals surface area contributed by atoms with Crippen molar-refractivity contribution in [2.45, 2.75) is 20.3 Å². The Labute approximate surface area is 118 Å². The Hall–Kier alpha value is -2.42. The molecule has 3 heteroatoms. The summed E-state index contributed by atoms with van der Waals surface area (Å²) >= 11 is 0. The highest BCUT2D eigenvalue weighted by Gasteiger charge is 2.17. The molecule has 0 aliphatic carbocycles. The van der Waals surface area contributed by atoms with Crippen LogP contribution in [0.2, 0.25) is 0 Å². The van der Waals surface area contributed by atoms with Crippen LogP contribution < -0.4 is 4.74 Å². The number of para-hydroxylation sites is 1. The van der Waals surface area contributed by atoms with Crippen molar-refractivity contribution in [3.63, 3.8) is 0 Å². The van der Waals surface area contributed by atoms with Crippen molar-refractivity contribution < 1.29 is 14.3 Å². The van der Waals surface area contributed by atoms with E-state index in [0.29, 0.717) is 23.3 Å². The lowest BCUT2D eigenvalue weighted by atomic mass is 10.0. The van der Waals surface area contributed by atoms with Crippen molar-refractivity contribution in [1.82, 2.24) is 0 Å². The van der Waals surface area contributed by atoms with Gasteiger partial charge in [0.2, 0.25) is 0 Å². The molecule has 2 rings (SSSR count). The van der Waals surface area contributed by atoms with Crippen molar-refractivity contribution in [3.8, 4) is 5.75 Å². The molecule has 0 unspecified atom stereocenters. The van der Waals surface area contributed by atoms with Gasteiger partial charge in [-0.2, -0.15) is 0 Å². The molecule has 0 heterocycles. The number of hydrogen-bond acceptors (Lipinski definition) is 3. The van der Waals surface area contributed by atoms with Gasteiger partial charge in [-0.15, -0.1) is 0 Å². The Morgan fingerprint density at radius 1 is 1.00 bits per heavy atom. The first kappa shape index (κ1) is 14.0. The van der Waals surface area contributed by atoms with Crippen LogP contribution in [-0.4, -0.2) is 11.8 Å². The average Bonchev–Trinajstić information content (AvgIpc) is 2.49. The summed E-state index contributed by atoms with van der Waals surface area (Å²) in [7, 11) is 0. The summed E-state index contributed by atoms with van der Waals surface area (Å²) in [5, 5.41) is 0. The van der Waals surface area contributed by atoms with Gasteiger partial charge in [0, 0.05) is 6.42 Å². The quantitative estimate of drug-likeness (QED) is 0.481.